The van der Waals surface area contributed by atoms with Gasteiger partial charge in [0.25, 0.3) is 0 Å². The summed E-state index contributed by atoms with van der Waals surface area (Å²) < 4.78 is 0. The van der Waals surface area contributed by atoms with Crippen LogP contribution < -0.4 is 16.2 Å². The molecule has 0 aliphatic rings. The Morgan fingerprint density at radius 2 is 1.92 bits per heavy atom. The molecule has 0 aliphatic carbocycles. The molecule has 0 heterocycles. The van der Waals surface area contributed by atoms with E-state index in [1.807, 2.05) is 31.2 Å². The van der Waals surface area contributed by atoms with Gasteiger partial charge in [-0.25, -0.2) is 0 Å². The molecule has 12 heavy (non-hydrogen) atoms. The largest absolute Gasteiger partial charge is 0.404 e. The normalized spacial score (nSPS) is 14.4. The number of hydrogen-bond acceptors (Lipinski definition) is 2. The first-order chi connectivity index (χ1) is 5.88. The average Bonchev–Trinajstić information content (AvgIpc) is 2.15. The van der Waals surface area contributed by atoms with Gasteiger partial charge in [-0.05, 0) is 12.1 Å². The van der Waals surface area contributed by atoms with Gasteiger partial charge >= 0.3 is 0 Å². The van der Waals surface area contributed by atoms with Gasteiger partial charge in [0.15, 0.2) is 0 Å². The number of aliphatic imine (C=N–C) groups is 1. The summed E-state index contributed by atoms with van der Waals surface area (Å²) >= 11 is 0. The predicted molar refractivity (Wildman–Crippen MR) is 53.0 cm³/mol. The van der Waals surface area contributed by atoms with Crippen LogP contribution in [0.25, 0.3) is 12.4 Å². The van der Waals surface area contributed by atoms with Crippen LogP contribution in [0.15, 0.2) is 29.3 Å². The standard InChI is InChI=1S/C10H12N2/c1-2-12-8-10-6-4-3-5-9(10)7-11/h2-8H,11H2,1H3/b9-7-,10-8-,12-2+. The van der Waals surface area contributed by atoms with Crippen molar-refractivity contribution in [3.05, 3.63) is 34.7 Å². The quantitative estimate of drug-likeness (QED) is 0.586. The van der Waals surface area contributed by atoms with Crippen molar-refractivity contribution < 1.29 is 0 Å². The highest BCUT2D eigenvalue weighted by atomic mass is 14.6. The maximum Gasteiger partial charge on any atom is 0.0342 e. The van der Waals surface area contributed by atoms with Crippen molar-refractivity contribution in [2.45, 2.75) is 6.92 Å². The minimum atomic E-state index is 1.00. The summed E-state index contributed by atoms with van der Waals surface area (Å²) in [4.78, 5) is 4.03. The molecule has 0 atom stereocenters. The van der Waals surface area contributed by atoms with E-state index in [-0.39, 0.29) is 0 Å². The number of nitrogens with two attached hydrogens (primary N) is 1. The van der Waals surface area contributed by atoms with E-state index in [0.29, 0.717) is 0 Å². The summed E-state index contributed by atoms with van der Waals surface area (Å²) in [5.74, 6) is 0. The van der Waals surface area contributed by atoms with Crippen LogP contribution in [-0.2, 0) is 0 Å². The van der Waals surface area contributed by atoms with E-state index in [0.717, 1.165) is 10.4 Å². The molecule has 1 aromatic rings. The van der Waals surface area contributed by atoms with Crippen LogP contribution in [0, 0.1) is 0 Å². The molecular formula is C10H12N2. The Morgan fingerprint density at radius 3 is 2.50 bits per heavy atom. The Labute approximate surface area is 71.7 Å². The van der Waals surface area contributed by atoms with Gasteiger partial charge in [0, 0.05) is 23.8 Å². The molecule has 0 radical (unpaired) electrons. The molecular weight excluding hydrogens is 148 g/mol. The Balaban J connectivity index is 3.33. The van der Waals surface area contributed by atoms with Gasteiger partial charge in [-0.3, -0.25) is 4.99 Å². The third-order valence-electron chi connectivity index (χ3n) is 1.54. The van der Waals surface area contributed by atoms with Crippen molar-refractivity contribution in [2.24, 2.45) is 10.7 Å². The van der Waals surface area contributed by atoms with E-state index >= 15 is 0 Å². The van der Waals surface area contributed by atoms with E-state index in [9.17, 15) is 0 Å². The smallest absolute Gasteiger partial charge is 0.0342 e. The number of nitrogens with zero attached hydrogens (tertiary/aromatic N) is 1. The molecule has 2 nitrogen and oxygen atoms in total. The first-order valence-corrected chi connectivity index (χ1v) is 3.83. The Bertz CT molecular complexity index is 377. The first kappa shape index (κ1) is 8.53. The molecule has 0 saturated carbocycles. The molecule has 2 N–H and O–H groups in total. The summed E-state index contributed by atoms with van der Waals surface area (Å²) in [6.07, 6.45) is 5.11. The number of benzene rings is 1. The Morgan fingerprint density at radius 1 is 1.25 bits per heavy atom. The van der Waals surface area contributed by atoms with Crippen molar-refractivity contribution in [3.8, 4) is 0 Å². The fourth-order valence-electron chi connectivity index (χ4n) is 0.935. The van der Waals surface area contributed by atoms with Gasteiger partial charge < -0.3 is 5.73 Å². The van der Waals surface area contributed by atoms with Crippen LogP contribution in [0.2, 0.25) is 0 Å². The maximum atomic E-state index is 5.43. The van der Waals surface area contributed by atoms with Crippen LogP contribution >= 0.6 is 0 Å². The van der Waals surface area contributed by atoms with Crippen LogP contribution in [0.5, 0.6) is 0 Å². The number of hydrogen-bond donors (Lipinski definition) is 1. The fraction of sp³-hybridized carbons (Fsp3) is 0.100. The second-order valence-electron chi connectivity index (χ2n) is 2.33. The Kier molecular flexibility index (Phi) is 3.08. The molecule has 0 fully saturated rings. The lowest BCUT2D eigenvalue weighted by molar-refractivity contribution is 1.47. The molecule has 0 aromatic heterocycles. The summed E-state index contributed by atoms with van der Waals surface area (Å²) in [5.41, 5.74) is 5.43. The Hall–Kier alpha value is -1.57. The van der Waals surface area contributed by atoms with Crippen molar-refractivity contribution in [3.63, 3.8) is 0 Å². The highest BCUT2D eigenvalue weighted by molar-refractivity contribution is 5.57. The van der Waals surface area contributed by atoms with Crippen molar-refractivity contribution in [1.29, 1.82) is 0 Å². The summed E-state index contributed by atoms with van der Waals surface area (Å²) in [5, 5.41) is 2.04. The van der Waals surface area contributed by atoms with Gasteiger partial charge in [-0.1, -0.05) is 24.3 Å². The molecule has 0 bridgehead atoms. The van der Waals surface area contributed by atoms with Crippen LogP contribution in [0.3, 0.4) is 0 Å². The first-order valence-electron chi connectivity index (χ1n) is 3.83. The second kappa shape index (κ2) is 4.34. The lowest BCUT2D eigenvalue weighted by atomic mass is 10.2. The van der Waals surface area contributed by atoms with Crippen molar-refractivity contribution in [2.75, 3.05) is 0 Å². The minimum absolute atomic E-state index is 1.00. The molecule has 0 unspecified atom stereocenters. The SMILES string of the molecule is C/C=N/C=c1/cccc/c1=C/N. The molecule has 0 spiro atoms. The zero-order chi connectivity index (χ0) is 8.81. The van der Waals surface area contributed by atoms with E-state index in [2.05, 4.69) is 4.99 Å². The molecule has 0 saturated heterocycles. The molecule has 1 aromatic carbocycles. The van der Waals surface area contributed by atoms with Gasteiger partial charge in [0.2, 0.25) is 0 Å². The monoisotopic (exact) mass is 160 g/mol. The van der Waals surface area contributed by atoms with E-state index in [4.69, 9.17) is 5.73 Å². The van der Waals surface area contributed by atoms with Crippen molar-refractivity contribution in [1.82, 2.24) is 0 Å². The van der Waals surface area contributed by atoms with E-state index < -0.39 is 0 Å². The highest BCUT2D eigenvalue weighted by Crippen LogP contribution is 1.72. The number of rotatable bonds is 1. The molecule has 0 aliphatic heterocycles. The van der Waals surface area contributed by atoms with E-state index in [1.54, 1.807) is 18.6 Å². The summed E-state index contributed by atoms with van der Waals surface area (Å²) in [7, 11) is 0. The van der Waals surface area contributed by atoms with Crippen molar-refractivity contribution >= 4 is 18.6 Å². The summed E-state index contributed by atoms with van der Waals surface area (Å²) in [6.45, 7) is 1.88. The topological polar surface area (TPSA) is 38.4 Å². The molecule has 2 heteroatoms. The van der Waals surface area contributed by atoms with Gasteiger partial charge in [-0.2, -0.15) is 0 Å². The van der Waals surface area contributed by atoms with Gasteiger partial charge in [0.05, 0.1) is 0 Å². The third-order valence-corrected chi connectivity index (χ3v) is 1.54. The fourth-order valence-corrected chi connectivity index (χ4v) is 0.935. The van der Waals surface area contributed by atoms with Crippen LogP contribution in [0.4, 0.5) is 0 Å². The average molecular weight is 160 g/mol. The third kappa shape index (κ3) is 1.95. The minimum Gasteiger partial charge on any atom is -0.404 e. The lowest BCUT2D eigenvalue weighted by Crippen LogP contribution is -2.24. The zero-order valence-electron chi connectivity index (χ0n) is 7.07. The predicted octanol–water partition coefficient (Wildman–Crippen LogP) is 0.212. The summed E-state index contributed by atoms with van der Waals surface area (Å²) in [6, 6.07) is 7.85. The van der Waals surface area contributed by atoms with Crippen LogP contribution in [0.1, 0.15) is 6.92 Å². The van der Waals surface area contributed by atoms with Gasteiger partial charge in [-0.15, -0.1) is 0 Å². The zero-order valence-corrected chi connectivity index (χ0v) is 7.07. The highest BCUT2D eigenvalue weighted by Gasteiger charge is 1.79. The van der Waals surface area contributed by atoms with Gasteiger partial charge in [0.1, 0.15) is 0 Å². The molecule has 0 amide bonds. The van der Waals surface area contributed by atoms with Crippen LogP contribution in [-0.4, -0.2) is 6.21 Å². The molecule has 62 valence electrons. The lowest BCUT2D eigenvalue weighted by Gasteiger charge is -1.86. The second-order valence-corrected chi connectivity index (χ2v) is 2.33. The van der Waals surface area contributed by atoms with E-state index in [1.165, 1.54) is 0 Å². The molecule has 1 rings (SSSR count). The maximum absolute atomic E-state index is 5.43.